The number of ether oxygens (including phenoxy) is 1. The minimum Gasteiger partial charge on any atom is -0.406 e. The predicted molar refractivity (Wildman–Crippen MR) is 102 cm³/mol. The van der Waals surface area contributed by atoms with E-state index < -0.39 is 6.36 Å². The molecule has 146 valence electrons. The van der Waals surface area contributed by atoms with E-state index in [1.807, 2.05) is 17.0 Å². The van der Waals surface area contributed by atoms with Crippen LogP contribution < -0.4 is 14.5 Å². The second-order valence-electron chi connectivity index (χ2n) is 6.39. The molecule has 0 spiro atoms. The molecular formula is C19H16ClF3N4O. The molecule has 0 bridgehead atoms. The molecule has 2 aromatic carbocycles. The van der Waals surface area contributed by atoms with Crippen molar-refractivity contribution in [1.82, 2.24) is 10.2 Å². The highest BCUT2D eigenvalue weighted by Crippen LogP contribution is 2.31. The normalized spacial score (nSPS) is 15.1. The minimum absolute atomic E-state index is 0.216. The van der Waals surface area contributed by atoms with Gasteiger partial charge in [0.05, 0.1) is 16.9 Å². The van der Waals surface area contributed by atoms with Gasteiger partial charge in [-0.3, -0.25) is 0 Å². The average Bonchev–Trinajstić information content (AvgIpc) is 2.67. The van der Waals surface area contributed by atoms with Crippen LogP contribution in [-0.4, -0.2) is 42.7 Å². The first-order chi connectivity index (χ1) is 13.4. The Morgan fingerprint density at radius 1 is 0.964 bits per heavy atom. The maximum Gasteiger partial charge on any atom is 0.573 e. The summed E-state index contributed by atoms with van der Waals surface area (Å²) < 4.78 is 41.4. The molecule has 4 rings (SSSR count). The van der Waals surface area contributed by atoms with Crippen LogP contribution in [0.1, 0.15) is 0 Å². The fraction of sp³-hybridized carbons (Fsp3) is 0.263. The third-order valence-corrected chi connectivity index (χ3v) is 4.94. The maximum atomic E-state index is 12.4. The lowest BCUT2D eigenvalue weighted by Crippen LogP contribution is -2.46. The predicted octanol–water partition coefficient (Wildman–Crippen LogP) is 4.51. The zero-order valence-corrected chi connectivity index (χ0v) is 15.4. The molecule has 0 amide bonds. The topological polar surface area (TPSA) is 41.5 Å². The Bertz CT molecular complexity index is 990. The Hall–Kier alpha value is -2.74. The second kappa shape index (κ2) is 7.35. The molecule has 0 atom stereocenters. The van der Waals surface area contributed by atoms with Crippen LogP contribution in [-0.2, 0) is 0 Å². The highest BCUT2D eigenvalue weighted by Gasteiger charge is 2.31. The van der Waals surface area contributed by atoms with Crippen molar-refractivity contribution < 1.29 is 17.9 Å². The third-order valence-electron chi connectivity index (χ3n) is 4.64. The number of nitrogens with zero attached hydrogens (tertiary/aromatic N) is 4. The van der Waals surface area contributed by atoms with Crippen molar-refractivity contribution in [3.8, 4) is 5.75 Å². The summed E-state index contributed by atoms with van der Waals surface area (Å²) >= 11 is 6.21. The summed E-state index contributed by atoms with van der Waals surface area (Å²) in [7, 11) is 0. The van der Waals surface area contributed by atoms with Crippen molar-refractivity contribution in [2.45, 2.75) is 6.36 Å². The highest BCUT2D eigenvalue weighted by molar-refractivity contribution is 6.35. The molecule has 3 aromatic rings. The molecule has 0 saturated carbocycles. The number of anilines is 2. The van der Waals surface area contributed by atoms with E-state index in [2.05, 4.69) is 19.8 Å². The van der Waals surface area contributed by atoms with Crippen molar-refractivity contribution in [2.24, 2.45) is 0 Å². The molecule has 5 nitrogen and oxygen atoms in total. The summed E-state index contributed by atoms with van der Waals surface area (Å²) in [5.74, 6) is -0.216. The molecule has 0 radical (unpaired) electrons. The lowest BCUT2D eigenvalue weighted by molar-refractivity contribution is -0.274. The Morgan fingerprint density at radius 2 is 1.68 bits per heavy atom. The second-order valence-corrected chi connectivity index (χ2v) is 6.79. The van der Waals surface area contributed by atoms with Gasteiger partial charge in [-0.15, -0.1) is 18.3 Å². The zero-order chi connectivity index (χ0) is 19.7. The maximum absolute atomic E-state index is 12.4. The van der Waals surface area contributed by atoms with Gasteiger partial charge in [-0.05, 0) is 18.2 Å². The van der Waals surface area contributed by atoms with Crippen LogP contribution in [0.25, 0.3) is 10.9 Å². The molecule has 2 heterocycles. The molecular weight excluding hydrogens is 393 g/mol. The van der Waals surface area contributed by atoms with Gasteiger partial charge in [-0.2, -0.15) is 5.10 Å². The minimum atomic E-state index is -4.70. The van der Waals surface area contributed by atoms with Gasteiger partial charge in [0, 0.05) is 43.3 Å². The highest BCUT2D eigenvalue weighted by atomic mass is 35.5. The van der Waals surface area contributed by atoms with Gasteiger partial charge in [0.2, 0.25) is 0 Å². The number of hydrogen-bond donors (Lipinski definition) is 0. The summed E-state index contributed by atoms with van der Waals surface area (Å²) in [4.78, 5) is 4.21. The van der Waals surface area contributed by atoms with Gasteiger partial charge >= 0.3 is 6.36 Å². The summed E-state index contributed by atoms with van der Waals surface area (Å²) in [6.45, 7) is 2.69. The molecule has 9 heteroatoms. The number of alkyl halides is 3. The molecule has 0 N–H and O–H groups in total. The summed E-state index contributed by atoms with van der Waals surface area (Å²) in [6.07, 6.45) is -2.99. The number of hydrogen-bond acceptors (Lipinski definition) is 5. The van der Waals surface area contributed by atoms with Crippen LogP contribution in [0.15, 0.2) is 48.7 Å². The van der Waals surface area contributed by atoms with Crippen LogP contribution >= 0.6 is 11.6 Å². The van der Waals surface area contributed by atoms with E-state index in [0.29, 0.717) is 42.4 Å². The number of benzene rings is 2. The van der Waals surface area contributed by atoms with E-state index >= 15 is 0 Å². The first-order valence-electron chi connectivity index (χ1n) is 8.66. The summed E-state index contributed by atoms with van der Waals surface area (Å²) in [5.41, 5.74) is 2.30. The van der Waals surface area contributed by atoms with E-state index in [-0.39, 0.29) is 5.75 Å². The van der Waals surface area contributed by atoms with Gasteiger partial charge in [-0.25, -0.2) is 0 Å². The van der Waals surface area contributed by atoms with Crippen LogP contribution in [0, 0.1) is 0 Å². The van der Waals surface area contributed by atoms with Crippen LogP contribution in [0.2, 0.25) is 5.02 Å². The van der Waals surface area contributed by atoms with E-state index in [1.54, 1.807) is 24.4 Å². The molecule has 1 aromatic heterocycles. The van der Waals surface area contributed by atoms with Gasteiger partial charge in [0.15, 0.2) is 0 Å². The Morgan fingerprint density at radius 3 is 2.43 bits per heavy atom. The smallest absolute Gasteiger partial charge is 0.406 e. The Labute approximate surface area is 164 Å². The fourth-order valence-corrected chi connectivity index (χ4v) is 3.58. The molecule has 1 saturated heterocycles. The van der Waals surface area contributed by atoms with E-state index in [4.69, 9.17) is 11.6 Å². The number of piperazine rings is 1. The molecule has 1 aliphatic rings. The monoisotopic (exact) mass is 408 g/mol. The molecule has 1 aliphatic heterocycles. The lowest BCUT2D eigenvalue weighted by Gasteiger charge is -2.37. The largest absolute Gasteiger partial charge is 0.573 e. The fourth-order valence-electron chi connectivity index (χ4n) is 3.37. The van der Waals surface area contributed by atoms with Crippen LogP contribution in [0.5, 0.6) is 5.75 Å². The standard InChI is InChI=1S/C19H16ClF3N4O/c20-16-6-2-5-15-17(12-24-25-18(15)16)27-9-7-26(8-10-27)13-3-1-4-14(11-13)28-19(21,22)23/h1-6,11-12H,7-10H2. The number of fused-ring (bicyclic) bond motifs is 1. The Kier molecular flexibility index (Phi) is 4.89. The lowest BCUT2D eigenvalue weighted by atomic mass is 10.1. The van der Waals surface area contributed by atoms with E-state index in [9.17, 15) is 13.2 Å². The number of rotatable bonds is 3. The average molecular weight is 409 g/mol. The van der Waals surface area contributed by atoms with Crippen LogP contribution in [0.4, 0.5) is 24.5 Å². The first-order valence-corrected chi connectivity index (χ1v) is 9.04. The van der Waals surface area contributed by atoms with Crippen molar-refractivity contribution in [2.75, 3.05) is 36.0 Å². The molecule has 0 unspecified atom stereocenters. The van der Waals surface area contributed by atoms with Crippen LogP contribution in [0.3, 0.4) is 0 Å². The molecule has 1 fully saturated rings. The summed E-state index contributed by atoms with van der Waals surface area (Å²) in [6, 6.07) is 11.6. The SMILES string of the molecule is FC(F)(F)Oc1cccc(N2CCN(c3cnnc4c(Cl)cccc34)CC2)c1. The zero-order valence-electron chi connectivity index (χ0n) is 14.7. The van der Waals surface area contributed by atoms with Gasteiger partial charge in [-0.1, -0.05) is 29.8 Å². The summed E-state index contributed by atoms with van der Waals surface area (Å²) in [5, 5.41) is 9.65. The number of halogens is 4. The number of aromatic nitrogens is 2. The molecule has 28 heavy (non-hydrogen) atoms. The molecule has 0 aliphatic carbocycles. The van der Waals surface area contributed by atoms with Crippen molar-refractivity contribution >= 4 is 33.9 Å². The van der Waals surface area contributed by atoms with E-state index in [0.717, 1.165) is 11.1 Å². The van der Waals surface area contributed by atoms with Gasteiger partial charge in [0.25, 0.3) is 0 Å². The quantitative estimate of drug-likeness (QED) is 0.638. The van der Waals surface area contributed by atoms with Crippen molar-refractivity contribution in [3.63, 3.8) is 0 Å². The third kappa shape index (κ3) is 3.91. The van der Waals surface area contributed by atoms with Crippen molar-refractivity contribution in [3.05, 3.63) is 53.7 Å². The van der Waals surface area contributed by atoms with E-state index in [1.165, 1.54) is 12.1 Å². The van der Waals surface area contributed by atoms with Gasteiger partial charge < -0.3 is 14.5 Å². The Balaban J connectivity index is 1.50. The van der Waals surface area contributed by atoms with Crippen molar-refractivity contribution in [1.29, 1.82) is 0 Å². The van der Waals surface area contributed by atoms with Gasteiger partial charge in [0.1, 0.15) is 11.3 Å². The first kappa shape index (κ1) is 18.6.